The van der Waals surface area contributed by atoms with Crippen molar-refractivity contribution in [2.45, 2.75) is 39.8 Å². The molecule has 2 atom stereocenters. The molecule has 80 valence electrons. The van der Waals surface area contributed by atoms with Crippen molar-refractivity contribution >= 4 is 11.7 Å². The number of amides is 1. The van der Waals surface area contributed by atoms with Crippen molar-refractivity contribution in [1.29, 1.82) is 0 Å². The van der Waals surface area contributed by atoms with Gasteiger partial charge < -0.3 is 10.1 Å². The van der Waals surface area contributed by atoms with E-state index >= 15 is 0 Å². The molecule has 14 heavy (non-hydrogen) atoms. The minimum Gasteiger partial charge on any atom is -0.365 e. The predicted molar refractivity (Wildman–Crippen MR) is 51.8 cm³/mol. The fourth-order valence-corrected chi connectivity index (χ4v) is 0.975. The Kier molecular flexibility index (Phi) is 2.95. The second-order valence-corrected chi connectivity index (χ2v) is 4.67. The van der Waals surface area contributed by atoms with Gasteiger partial charge in [-0.3, -0.25) is 9.59 Å². The van der Waals surface area contributed by atoms with E-state index in [4.69, 9.17) is 4.74 Å². The molecule has 0 aromatic heterocycles. The third-order valence-corrected chi connectivity index (χ3v) is 2.11. The number of ketones is 1. The van der Waals surface area contributed by atoms with Gasteiger partial charge in [-0.1, -0.05) is 20.8 Å². The topological polar surface area (TPSA) is 58.7 Å². The molecule has 1 N–H and O–H groups in total. The maximum Gasteiger partial charge on any atom is 0.225 e. The SMILES string of the molecule is C[C@H](NC(=O)C(C)(C)C)C(=O)C1CO1. The first kappa shape index (κ1) is 11.2. The van der Waals surface area contributed by atoms with Gasteiger partial charge in [-0.15, -0.1) is 0 Å². The Bertz CT molecular complexity index is 251. The van der Waals surface area contributed by atoms with Crippen molar-refractivity contribution in [2.75, 3.05) is 6.61 Å². The Labute approximate surface area is 84.0 Å². The zero-order valence-electron chi connectivity index (χ0n) is 9.09. The minimum absolute atomic E-state index is 0.0393. The molecule has 0 radical (unpaired) electrons. The third-order valence-electron chi connectivity index (χ3n) is 2.11. The van der Waals surface area contributed by atoms with E-state index in [0.29, 0.717) is 6.61 Å². The molecule has 0 aromatic rings. The highest BCUT2D eigenvalue weighted by molar-refractivity contribution is 5.94. The molecule has 1 saturated heterocycles. The zero-order chi connectivity index (χ0) is 10.9. The van der Waals surface area contributed by atoms with Gasteiger partial charge in [0.15, 0.2) is 5.78 Å². The summed E-state index contributed by atoms with van der Waals surface area (Å²) in [5.41, 5.74) is -0.459. The van der Waals surface area contributed by atoms with E-state index < -0.39 is 11.5 Å². The Balaban J connectivity index is 2.43. The minimum atomic E-state index is -0.459. The van der Waals surface area contributed by atoms with E-state index in [0.717, 1.165) is 0 Å². The Morgan fingerprint density at radius 1 is 1.43 bits per heavy atom. The standard InChI is InChI=1S/C10H17NO3/c1-6(8(12)7-5-14-7)11-9(13)10(2,3)4/h6-7H,5H2,1-4H3,(H,11,13)/t6-,7?/m0/s1. The van der Waals surface area contributed by atoms with Crippen LogP contribution in [0.3, 0.4) is 0 Å². The summed E-state index contributed by atoms with van der Waals surface area (Å²) in [6.07, 6.45) is -0.287. The summed E-state index contributed by atoms with van der Waals surface area (Å²) in [7, 11) is 0. The number of nitrogens with one attached hydrogen (secondary N) is 1. The molecule has 1 amide bonds. The van der Waals surface area contributed by atoms with Crippen molar-refractivity contribution in [3.8, 4) is 0 Å². The average Bonchev–Trinajstić information content (AvgIpc) is 2.83. The summed E-state index contributed by atoms with van der Waals surface area (Å²) in [5.74, 6) is -0.151. The zero-order valence-corrected chi connectivity index (χ0v) is 9.09. The van der Waals surface area contributed by atoms with E-state index in [1.807, 2.05) is 20.8 Å². The molecule has 1 aliphatic heterocycles. The molecule has 0 aromatic carbocycles. The van der Waals surface area contributed by atoms with Crippen LogP contribution < -0.4 is 5.32 Å². The highest BCUT2D eigenvalue weighted by Gasteiger charge is 2.36. The molecule has 1 unspecified atom stereocenters. The summed E-state index contributed by atoms with van der Waals surface area (Å²) in [5, 5.41) is 2.67. The maximum absolute atomic E-state index is 11.5. The highest BCUT2D eigenvalue weighted by atomic mass is 16.6. The highest BCUT2D eigenvalue weighted by Crippen LogP contribution is 2.15. The number of Topliss-reactive ketones (excluding diaryl/α,β-unsaturated/α-hetero) is 1. The molecule has 1 aliphatic rings. The number of carbonyl (C=O) groups excluding carboxylic acids is 2. The number of carbonyl (C=O) groups is 2. The molecule has 0 saturated carbocycles. The van der Waals surface area contributed by atoms with Crippen LogP contribution in [0.5, 0.6) is 0 Å². The molecule has 0 bridgehead atoms. The maximum atomic E-state index is 11.5. The fourth-order valence-electron chi connectivity index (χ4n) is 0.975. The lowest BCUT2D eigenvalue weighted by Crippen LogP contribution is -2.45. The first-order chi connectivity index (χ1) is 6.32. The third kappa shape index (κ3) is 2.80. The van der Waals surface area contributed by atoms with Crippen LogP contribution in [0, 0.1) is 5.41 Å². The van der Waals surface area contributed by atoms with Gasteiger partial charge in [0.25, 0.3) is 0 Å². The van der Waals surface area contributed by atoms with Gasteiger partial charge in [0, 0.05) is 5.41 Å². The molecule has 1 fully saturated rings. The van der Waals surface area contributed by atoms with Crippen LogP contribution in [0.25, 0.3) is 0 Å². The molecular formula is C10H17NO3. The Hall–Kier alpha value is -0.900. The van der Waals surface area contributed by atoms with E-state index in [1.165, 1.54) is 0 Å². The summed E-state index contributed by atoms with van der Waals surface area (Å²) in [6, 6.07) is -0.450. The number of hydrogen-bond donors (Lipinski definition) is 1. The van der Waals surface area contributed by atoms with Crippen molar-refractivity contribution in [3.63, 3.8) is 0 Å². The first-order valence-corrected chi connectivity index (χ1v) is 4.78. The van der Waals surface area contributed by atoms with Crippen LogP contribution in [-0.2, 0) is 14.3 Å². The van der Waals surface area contributed by atoms with Crippen molar-refractivity contribution in [1.82, 2.24) is 5.32 Å². The number of hydrogen-bond acceptors (Lipinski definition) is 3. The smallest absolute Gasteiger partial charge is 0.225 e. The van der Waals surface area contributed by atoms with E-state index in [2.05, 4.69) is 5.32 Å². The van der Waals surface area contributed by atoms with Gasteiger partial charge in [0.05, 0.1) is 12.6 Å². The molecular weight excluding hydrogens is 182 g/mol. The summed E-state index contributed by atoms with van der Waals surface area (Å²) in [4.78, 5) is 22.9. The van der Waals surface area contributed by atoms with Gasteiger partial charge in [-0.25, -0.2) is 0 Å². The van der Waals surface area contributed by atoms with Crippen LogP contribution in [-0.4, -0.2) is 30.4 Å². The van der Waals surface area contributed by atoms with E-state index in [-0.39, 0.29) is 17.8 Å². The van der Waals surface area contributed by atoms with Gasteiger partial charge in [0.1, 0.15) is 6.10 Å². The Morgan fingerprint density at radius 3 is 2.29 bits per heavy atom. The number of ether oxygens (including phenoxy) is 1. The fraction of sp³-hybridized carbons (Fsp3) is 0.800. The lowest BCUT2D eigenvalue weighted by atomic mass is 9.95. The molecule has 1 rings (SSSR count). The molecule has 0 aliphatic carbocycles. The second-order valence-electron chi connectivity index (χ2n) is 4.67. The van der Waals surface area contributed by atoms with Crippen LogP contribution >= 0.6 is 0 Å². The Morgan fingerprint density at radius 2 is 1.93 bits per heavy atom. The lowest BCUT2D eigenvalue weighted by molar-refractivity contribution is -0.132. The van der Waals surface area contributed by atoms with Crippen molar-refractivity contribution in [2.24, 2.45) is 5.41 Å². The largest absolute Gasteiger partial charge is 0.365 e. The van der Waals surface area contributed by atoms with Crippen LogP contribution in [0.4, 0.5) is 0 Å². The van der Waals surface area contributed by atoms with Crippen LogP contribution in [0.1, 0.15) is 27.7 Å². The normalized spacial score (nSPS) is 22.7. The predicted octanol–water partition coefficient (Wildman–Crippen LogP) is 0.505. The first-order valence-electron chi connectivity index (χ1n) is 4.78. The van der Waals surface area contributed by atoms with Crippen LogP contribution in [0.2, 0.25) is 0 Å². The molecule has 0 spiro atoms. The summed E-state index contributed by atoms with van der Waals surface area (Å²) < 4.78 is 4.86. The van der Waals surface area contributed by atoms with E-state index in [9.17, 15) is 9.59 Å². The van der Waals surface area contributed by atoms with Gasteiger partial charge >= 0.3 is 0 Å². The van der Waals surface area contributed by atoms with Gasteiger partial charge in [-0.05, 0) is 6.92 Å². The number of rotatable bonds is 3. The van der Waals surface area contributed by atoms with Gasteiger partial charge in [-0.2, -0.15) is 0 Å². The van der Waals surface area contributed by atoms with E-state index in [1.54, 1.807) is 6.92 Å². The molecule has 4 heteroatoms. The number of epoxide rings is 1. The van der Waals surface area contributed by atoms with Crippen molar-refractivity contribution < 1.29 is 14.3 Å². The quantitative estimate of drug-likeness (QED) is 0.673. The van der Waals surface area contributed by atoms with Crippen molar-refractivity contribution in [3.05, 3.63) is 0 Å². The average molecular weight is 199 g/mol. The summed E-state index contributed by atoms with van der Waals surface area (Å²) in [6.45, 7) is 7.62. The van der Waals surface area contributed by atoms with Crippen LogP contribution in [0.15, 0.2) is 0 Å². The second kappa shape index (κ2) is 3.69. The monoisotopic (exact) mass is 199 g/mol. The molecule has 4 nitrogen and oxygen atoms in total. The van der Waals surface area contributed by atoms with Gasteiger partial charge in [0.2, 0.25) is 5.91 Å². The molecule has 1 heterocycles. The lowest BCUT2D eigenvalue weighted by Gasteiger charge is -2.20. The summed E-state index contributed by atoms with van der Waals surface area (Å²) >= 11 is 0.